The molecule has 1 amide bonds. The molecule has 0 saturated heterocycles. The summed E-state index contributed by atoms with van der Waals surface area (Å²) in [5.74, 6) is -0.335. The van der Waals surface area contributed by atoms with Crippen molar-refractivity contribution in [3.05, 3.63) is 88.9 Å². The van der Waals surface area contributed by atoms with Crippen molar-refractivity contribution in [2.45, 2.75) is 4.90 Å². The van der Waals surface area contributed by atoms with E-state index in [-0.39, 0.29) is 22.0 Å². The third-order valence-electron chi connectivity index (χ3n) is 4.96. The number of phenols is 1. The van der Waals surface area contributed by atoms with Gasteiger partial charge in [-0.2, -0.15) is 0 Å². The van der Waals surface area contributed by atoms with E-state index in [0.717, 1.165) is 0 Å². The van der Waals surface area contributed by atoms with Gasteiger partial charge in [0.15, 0.2) is 5.75 Å². The Morgan fingerprint density at radius 1 is 0.971 bits per heavy atom. The van der Waals surface area contributed by atoms with Gasteiger partial charge >= 0.3 is 0 Å². The van der Waals surface area contributed by atoms with Gasteiger partial charge in [0.05, 0.1) is 23.3 Å². The van der Waals surface area contributed by atoms with Crippen LogP contribution in [0, 0.1) is 0 Å². The van der Waals surface area contributed by atoms with Gasteiger partial charge in [-0.1, -0.05) is 36.4 Å². The minimum atomic E-state index is -3.97. The number of carbonyl (C=O) groups excluding carboxylic acids is 1. The van der Waals surface area contributed by atoms with Crippen LogP contribution in [0.3, 0.4) is 0 Å². The fourth-order valence-corrected chi connectivity index (χ4v) is 4.78. The molecule has 0 atom stereocenters. The van der Waals surface area contributed by atoms with E-state index in [0.29, 0.717) is 26.6 Å². The number of halogens is 1. The molecule has 172 valence electrons. The molecule has 4 rings (SSSR count). The molecule has 0 saturated carbocycles. The number of aromatic hydroxyl groups is 1. The van der Waals surface area contributed by atoms with Crippen LogP contribution in [0.5, 0.6) is 11.5 Å². The molecule has 0 unspecified atom stereocenters. The number of azo groups is 1. The predicted octanol–water partition coefficient (Wildman–Crippen LogP) is 6.04. The SMILES string of the molecule is COc1ccc(S(=O)(=O)Nc2cc(N=NC(=O)c3ccccc3Br)c(O)c3ccccc23)cc1. The summed E-state index contributed by atoms with van der Waals surface area (Å²) in [6.07, 6.45) is 0. The zero-order valence-corrected chi connectivity index (χ0v) is 20.2. The van der Waals surface area contributed by atoms with Gasteiger partial charge in [-0.15, -0.1) is 10.2 Å². The van der Waals surface area contributed by atoms with E-state index in [9.17, 15) is 18.3 Å². The van der Waals surface area contributed by atoms with Crippen LogP contribution in [0.1, 0.15) is 10.4 Å². The summed E-state index contributed by atoms with van der Waals surface area (Å²) >= 11 is 3.29. The number of hydrogen-bond acceptors (Lipinski definition) is 6. The lowest BCUT2D eigenvalue weighted by atomic mass is 10.1. The van der Waals surface area contributed by atoms with Gasteiger partial charge in [0.25, 0.3) is 15.9 Å². The summed E-state index contributed by atoms with van der Waals surface area (Å²) in [5, 5.41) is 19.1. The summed E-state index contributed by atoms with van der Waals surface area (Å²) in [7, 11) is -2.48. The van der Waals surface area contributed by atoms with Gasteiger partial charge in [-0.25, -0.2) is 8.42 Å². The summed E-state index contributed by atoms with van der Waals surface area (Å²) in [6, 6.07) is 20.6. The number of sulfonamides is 1. The smallest absolute Gasteiger partial charge is 0.296 e. The number of amides is 1. The fourth-order valence-electron chi connectivity index (χ4n) is 3.25. The number of nitrogens with one attached hydrogen (secondary N) is 1. The molecular formula is C24H18BrN3O5S. The van der Waals surface area contributed by atoms with E-state index < -0.39 is 15.9 Å². The highest BCUT2D eigenvalue weighted by Crippen LogP contribution is 2.40. The number of hydrogen-bond donors (Lipinski definition) is 2. The van der Waals surface area contributed by atoms with E-state index in [1.807, 2.05) is 0 Å². The van der Waals surface area contributed by atoms with E-state index in [4.69, 9.17) is 4.74 Å². The number of fused-ring (bicyclic) bond motifs is 1. The zero-order valence-electron chi connectivity index (χ0n) is 17.8. The first kappa shape index (κ1) is 23.4. The number of methoxy groups -OCH3 is 1. The Labute approximate surface area is 204 Å². The van der Waals surface area contributed by atoms with Crippen LogP contribution in [0.2, 0.25) is 0 Å². The molecule has 0 bridgehead atoms. The van der Waals surface area contributed by atoms with E-state index in [1.165, 1.54) is 37.4 Å². The quantitative estimate of drug-likeness (QED) is 0.228. The molecule has 0 radical (unpaired) electrons. The minimum absolute atomic E-state index is 0.0257. The monoisotopic (exact) mass is 539 g/mol. The third kappa shape index (κ3) is 4.78. The summed E-state index contributed by atoms with van der Waals surface area (Å²) in [6.45, 7) is 0. The second-order valence-corrected chi connectivity index (χ2v) is 9.64. The van der Waals surface area contributed by atoms with E-state index in [1.54, 1.807) is 48.5 Å². The lowest BCUT2D eigenvalue weighted by Crippen LogP contribution is -2.13. The van der Waals surface area contributed by atoms with Crippen molar-refractivity contribution >= 4 is 54.0 Å². The molecule has 4 aromatic rings. The maximum Gasteiger partial charge on any atom is 0.296 e. The highest BCUT2D eigenvalue weighted by atomic mass is 79.9. The van der Waals surface area contributed by atoms with E-state index in [2.05, 4.69) is 30.9 Å². The van der Waals surface area contributed by atoms with Gasteiger partial charge in [0.1, 0.15) is 11.4 Å². The van der Waals surface area contributed by atoms with Gasteiger partial charge in [-0.3, -0.25) is 9.52 Å². The highest BCUT2D eigenvalue weighted by Gasteiger charge is 2.19. The Bertz CT molecular complexity index is 1520. The molecule has 0 aliphatic heterocycles. The number of ether oxygens (including phenoxy) is 1. The van der Waals surface area contributed by atoms with Crippen LogP contribution in [0.25, 0.3) is 10.8 Å². The van der Waals surface area contributed by atoms with Crippen LogP contribution in [-0.2, 0) is 10.0 Å². The summed E-state index contributed by atoms with van der Waals surface area (Å²) in [5.41, 5.74) is 0.407. The van der Waals surface area contributed by atoms with Gasteiger partial charge < -0.3 is 9.84 Å². The molecule has 8 nitrogen and oxygen atoms in total. The summed E-state index contributed by atoms with van der Waals surface area (Å²) < 4.78 is 34.2. The van der Waals surface area contributed by atoms with Crippen molar-refractivity contribution in [3.63, 3.8) is 0 Å². The molecular weight excluding hydrogens is 522 g/mol. The number of carbonyl (C=O) groups is 1. The zero-order chi connectivity index (χ0) is 24.3. The maximum atomic E-state index is 13.0. The largest absolute Gasteiger partial charge is 0.505 e. The van der Waals surface area contributed by atoms with Crippen LogP contribution in [0.4, 0.5) is 11.4 Å². The van der Waals surface area contributed by atoms with Crippen LogP contribution >= 0.6 is 15.9 Å². The van der Waals surface area contributed by atoms with Gasteiger partial charge in [0, 0.05) is 15.2 Å². The van der Waals surface area contributed by atoms with Crippen molar-refractivity contribution in [2.75, 3.05) is 11.8 Å². The molecule has 0 aliphatic rings. The first-order valence-electron chi connectivity index (χ1n) is 9.92. The first-order valence-corrected chi connectivity index (χ1v) is 12.2. The Kier molecular flexibility index (Phi) is 6.62. The normalized spacial score (nSPS) is 11.6. The van der Waals surface area contributed by atoms with E-state index >= 15 is 0 Å². The fraction of sp³-hybridized carbons (Fsp3) is 0.0417. The van der Waals surface area contributed by atoms with Crippen LogP contribution in [-0.4, -0.2) is 26.5 Å². The number of rotatable bonds is 6. The second kappa shape index (κ2) is 9.62. The minimum Gasteiger partial charge on any atom is -0.505 e. The Morgan fingerprint density at radius 2 is 1.62 bits per heavy atom. The molecule has 0 fully saturated rings. The van der Waals surface area contributed by atoms with Crippen LogP contribution < -0.4 is 9.46 Å². The lowest BCUT2D eigenvalue weighted by molar-refractivity contribution is 0.0994. The Hall–Kier alpha value is -3.76. The van der Waals surface area contributed by atoms with Gasteiger partial charge in [0.2, 0.25) is 0 Å². The molecule has 0 aromatic heterocycles. The highest BCUT2D eigenvalue weighted by molar-refractivity contribution is 9.10. The predicted molar refractivity (Wildman–Crippen MR) is 132 cm³/mol. The molecule has 10 heteroatoms. The number of nitrogens with zero attached hydrogens (tertiary/aromatic N) is 2. The number of phenolic OH excluding ortho intramolecular Hbond substituents is 1. The molecule has 4 aromatic carbocycles. The lowest BCUT2D eigenvalue weighted by Gasteiger charge is -2.13. The Balaban J connectivity index is 1.75. The maximum absolute atomic E-state index is 13.0. The second-order valence-electron chi connectivity index (χ2n) is 7.10. The van der Waals surface area contributed by atoms with Crippen molar-refractivity contribution in [3.8, 4) is 11.5 Å². The standard InChI is InChI=1S/C24H18BrN3O5S/c1-33-15-10-12-16(13-11-15)34(31,32)28-21-14-22(23(29)18-7-3-2-6-17(18)21)26-27-24(30)19-8-4-5-9-20(19)25/h2-14,28-29H,1H3. The molecule has 0 heterocycles. The average molecular weight is 540 g/mol. The average Bonchev–Trinajstić information content (AvgIpc) is 2.85. The number of anilines is 1. The third-order valence-corrected chi connectivity index (χ3v) is 7.04. The van der Waals surface area contributed by atoms with Crippen molar-refractivity contribution in [2.24, 2.45) is 10.2 Å². The van der Waals surface area contributed by atoms with Crippen molar-refractivity contribution in [1.29, 1.82) is 0 Å². The first-order chi connectivity index (χ1) is 16.3. The Morgan fingerprint density at radius 3 is 2.29 bits per heavy atom. The van der Waals surface area contributed by atoms with Crippen LogP contribution in [0.15, 0.2) is 98.5 Å². The van der Waals surface area contributed by atoms with Gasteiger partial charge in [-0.05, 0) is 58.4 Å². The molecule has 34 heavy (non-hydrogen) atoms. The molecule has 0 aliphatic carbocycles. The van der Waals surface area contributed by atoms with Crippen molar-refractivity contribution < 1.29 is 23.1 Å². The number of benzene rings is 4. The molecule has 0 spiro atoms. The molecule has 2 N–H and O–H groups in total. The summed E-state index contributed by atoms with van der Waals surface area (Å²) in [4.78, 5) is 12.5. The van der Waals surface area contributed by atoms with Crippen molar-refractivity contribution in [1.82, 2.24) is 0 Å². The topological polar surface area (TPSA) is 117 Å².